The number of amides is 1. The molecule has 9 nitrogen and oxygen atoms in total. The highest BCUT2D eigenvalue weighted by Crippen LogP contribution is 2.21. The standard InChI is InChI=1S/C27H30N4O5S/c32-25(30-27-28-16-4-17-29-27)14-11-19-9-12-21(13-10-19)36-18-15-23(26(33)34)31-37(35)24-8-3-6-20-5-1-2-7-22(20)24/h1-3,5-10,12-13,23,31H,4,11,14-18H2,(H,33,34)(H2,28,29,30,32). The lowest BCUT2D eigenvalue weighted by Gasteiger charge is -2.16. The van der Waals surface area contributed by atoms with E-state index in [1.54, 1.807) is 24.3 Å². The topological polar surface area (TPSA) is 129 Å². The van der Waals surface area contributed by atoms with E-state index in [-0.39, 0.29) is 18.9 Å². The van der Waals surface area contributed by atoms with Crippen molar-refractivity contribution in [3.05, 3.63) is 72.3 Å². The molecule has 0 fully saturated rings. The highest BCUT2D eigenvalue weighted by Gasteiger charge is 2.21. The molecule has 0 saturated carbocycles. The summed E-state index contributed by atoms with van der Waals surface area (Å²) < 4.78 is 21.4. The van der Waals surface area contributed by atoms with Crippen molar-refractivity contribution >= 4 is 39.6 Å². The first-order valence-corrected chi connectivity index (χ1v) is 13.3. The average molecular weight is 523 g/mol. The van der Waals surface area contributed by atoms with Crippen molar-refractivity contribution in [1.29, 1.82) is 0 Å². The van der Waals surface area contributed by atoms with Gasteiger partial charge in [-0.1, -0.05) is 48.5 Å². The summed E-state index contributed by atoms with van der Waals surface area (Å²) in [5.74, 6) is -0.0647. The second kappa shape index (κ2) is 13.0. The van der Waals surface area contributed by atoms with Gasteiger partial charge in [-0.05, 0) is 47.4 Å². The highest BCUT2D eigenvalue weighted by molar-refractivity contribution is 7.83. The van der Waals surface area contributed by atoms with Crippen molar-refractivity contribution in [3.63, 3.8) is 0 Å². The van der Waals surface area contributed by atoms with Gasteiger partial charge in [0.25, 0.3) is 0 Å². The molecule has 1 amide bonds. The van der Waals surface area contributed by atoms with E-state index in [9.17, 15) is 18.9 Å². The number of nitrogens with zero attached hydrogens (tertiary/aromatic N) is 1. The van der Waals surface area contributed by atoms with E-state index in [1.807, 2.05) is 42.5 Å². The van der Waals surface area contributed by atoms with Crippen LogP contribution in [0.1, 0.15) is 24.8 Å². The third kappa shape index (κ3) is 7.61. The third-order valence-electron chi connectivity index (χ3n) is 5.89. The van der Waals surface area contributed by atoms with E-state index < -0.39 is 23.0 Å². The number of carboxylic acid groups (broad SMARTS) is 1. The van der Waals surface area contributed by atoms with Crippen LogP contribution < -0.4 is 20.1 Å². The minimum Gasteiger partial charge on any atom is -0.494 e. The molecule has 2 unspecified atom stereocenters. The van der Waals surface area contributed by atoms with Gasteiger partial charge in [-0.25, -0.2) is 8.93 Å². The number of carbonyl (C=O) groups is 2. The molecule has 1 aliphatic rings. The van der Waals surface area contributed by atoms with Gasteiger partial charge in [0.15, 0.2) is 5.96 Å². The van der Waals surface area contributed by atoms with Crippen molar-refractivity contribution in [3.8, 4) is 5.75 Å². The smallest absolute Gasteiger partial charge is 0.321 e. The minimum atomic E-state index is -1.70. The summed E-state index contributed by atoms with van der Waals surface area (Å²) in [4.78, 5) is 28.7. The van der Waals surface area contributed by atoms with Crippen LogP contribution in [0.25, 0.3) is 10.8 Å². The summed E-state index contributed by atoms with van der Waals surface area (Å²) in [5, 5.41) is 17.2. The number of carbonyl (C=O) groups excluding carboxylic acids is 1. The van der Waals surface area contributed by atoms with Gasteiger partial charge in [0.05, 0.1) is 11.5 Å². The molecule has 3 aromatic carbocycles. The van der Waals surface area contributed by atoms with Crippen LogP contribution in [0, 0.1) is 0 Å². The molecule has 4 rings (SSSR count). The van der Waals surface area contributed by atoms with Gasteiger partial charge < -0.3 is 15.2 Å². The number of guanidine groups is 1. The number of carboxylic acids is 1. The first kappa shape index (κ1) is 26.3. The van der Waals surface area contributed by atoms with Crippen molar-refractivity contribution < 1.29 is 23.6 Å². The van der Waals surface area contributed by atoms with Gasteiger partial charge in [-0.15, -0.1) is 0 Å². The molecule has 0 aromatic heterocycles. The van der Waals surface area contributed by atoms with E-state index in [0.29, 0.717) is 29.4 Å². The Morgan fingerprint density at radius 3 is 2.62 bits per heavy atom. The summed E-state index contributed by atoms with van der Waals surface area (Å²) in [5.41, 5.74) is 0.983. The first-order valence-electron chi connectivity index (χ1n) is 12.2. The third-order valence-corrected chi connectivity index (χ3v) is 7.15. The molecule has 0 spiro atoms. The number of hydrogen-bond donors (Lipinski definition) is 4. The van der Waals surface area contributed by atoms with Crippen LogP contribution in [0.2, 0.25) is 0 Å². The fourth-order valence-corrected chi connectivity index (χ4v) is 5.09. The maximum atomic E-state index is 12.9. The van der Waals surface area contributed by atoms with Crippen molar-refractivity contribution in [2.75, 3.05) is 19.7 Å². The Labute approximate surface area is 217 Å². The Kier molecular flexibility index (Phi) is 9.23. The largest absolute Gasteiger partial charge is 0.494 e. The molecule has 4 N–H and O–H groups in total. The highest BCUT2D eigenvalue weighted by atomic mass is 32.2. The van der Waals surface area contributed by atoms with E-state index in [2.05, 4.69) is 20.3 Å². The predicted molar refractivity (Wildman–Crippen MR) is 143 cm³/mol. The van der Waals surface area contributed by atoms with Gasteiger partial charge in [-0.3, -0.25) is 19.9 Å². The molecular weight excluding hydrogens is 492 g/mol. The maximum Gasteiger partial charge on any atom is 0.321 e. The number of ether oxygens (including phenoxy) is 1. The van der Waals surface area contributed by atoms with Gasteiger partial charge in [0.2, 0.25) is 5.91 Å². The second-order valence-electron chi connectivity index (χ2n) is 8.59. The molecular formula is C27H30N4O5S. The molecule has 194 valence electrons. The lowest BCUT2D eigenvalue weighted by Crippen LogP contribution is -2.43. The predicted octanol–water partition coefficient (Wildman–Crippen LogP) is 2.77. The summed E-state index contributed by atoms with van der Waals surface area (Å²) >= 11 is 0. The number of aliphatic imine (C=N–C) groups is 1. The van der Waals surface area contributed by atoms with E-state index in [0.717, 1.165) is 35.8 Å². The molecule has 10 heteroatoms. The number of fused-ring (bicyclic) bond motifs is 1. The monoisotopic (exact) mass is 522 g/mol. The van der Waals surface area contributed by atoms with Crippen molar-refractivity contribution in [1.82, 2.24) is 15.4 Å². The quantitative estimate of drug-likeness (QED) is 0.307. The molecule has 2 atom stereocenters. The van der Waals surface area contributed by atoms with Gasteiger partial charge in [-0.2, -0.15) is 0 Å². The van der Waals surface area contributed by atoms with Gasteiger partial charge >= 0.3 is 5.97 Å². The maximum absolute atomic E-state index is 12.9. The lowest BCUT2D eigenvalue weighted by atomic mass is 10.1. The zero-order chi connectivity index (χ0) is 26.0. The number of aryl methyl sites for hydroxylation is 1. The first-order chi connectivity index (χ1) is 18.0. The van der Waals surface area contributed by atoms with Crippen LogP contribution in [-0.4, -0.2) is 52.9 Å². The Hall–Kier alpha value is -3.76. The van der Waals surface area contributed by atoms with Gasteiger partial charge in [0.1, 0.15) is 22.8 Å². The zero-order valence-corrected chi connectivity index (χ0v) is 21.1. The number of aliphatic carboxylic acids is 1. The number of benzene rings is 3. The Balaban J connectivity index is 1.24. The average Bonchev–Trinajstić information content (AvgIpc) is 2.92. The molecule has 0 saturated heterocycles. The van der Waals surface area contributed by atoms with Crippen LogP contribution in [-0.2, 0) is 27.0 Å². The molecule has 37 heavy (non-hydrogen) atoms. The summed E-state index contributed by atoms with van der Waals surface area (Å²) in [6, 6.07) is 19.3. The van der Waals surface area contributed by atoms with E-state index in [1.165, 1.54) is 0 Å². The van der Waals surface area contributed by atoms with Crippen LogP contribution in [0.3, 0.4) is 0 Å². The fourth-order valence-electron chi connectivity index (χ4n) is 3.90. The Bertz CT molecular complexity index is 1290. The van der Waals surface area contributed by atoms with E-state index >= 15 is 0 Å². The van der Waals surface area contributed by atoms with Crippen LogP contribution >= 0.6 is 0 Å². The van der Waals surface area contributed by atoms with Gasteiger partial charge in [0, 0.05) is 25.9 Å². The van der Waals surface area contributed by atoms with Crippen LogP contribution in [0.4, 0.5) is 0 Å². The van der Waals surface area contributed by atoms with E-state index in [4.69, 9.17) is 4.74 Å². The SMILES string of the molecule is O=C(CCc1ccc(OCCC(NS(=O)c2cccc3ccccc23)C(=O)O)cc1)NC1=NCCCN1. The summed E-state index contributed by atoms with van der Waals surface area (Å²) in [6.07, 6.45) is 2.00. The molecule has 0 bridgehead atoms. The van der Waals surface area contributed by atoms with Crippen molar-refractivity contribution in [2.24, 2.45) is 4.99 Å². The van der Waals surface area contributed by atoms with Crippen molar-refractivity contribution in [2.45, 2.75) is 36.6 Å². The molecule has 3 aromatic rings. The molecule has 1 aliphatic heterocycles. The van der Waals surface area contributed by atoms with Crippen LogP contribution in [0.5, 0.6) is 5.75 Å². The molecule has 1 heterocycles. The minimum absolute atomic E-state index is 0.0958. The number of nitrogens with one attached hydrogen (secondary N) is 3. The summed E-state index contributed by atoms with van der Waals surface area (Å²) in [7, 11) is -1.70. The molecule has 0 radical (unpaired) electrons. The number of hydrogen-bond acceptors (Lipinski definition) is 6. The number of rotatable bonds is 11. The zero-order valence-electron chi connectivity index (χ0n) is 20.3. The normalized spacial score (nSPS) is 14.8. The Morgan fingerprint density at radius 2 is 1.86 bits per heavy atom. The Morgan fingerprint density at radius 1 is 1.08 bits per heavy atom. The molecule has 0 aliphatic carbocycles. The fraction of sp³-hybridized carbons (Fsp3) is 0.296. The second-order valence-corrected chi connectivity index (χ2v) is 9.81. The van der Waals surface area contributed by atoms with Crippen LogP contribution in [0.15, 0.2) is 76.6 Å². The summed E-state index contributed by atoms with van der Waals surface area (Å²) in [6.45, 7) is 1.66. The lowest BCUT2D eigenvalue weighted by molar-refractivity contribution is -0.139.